The highest BCUT2D eigenvalue weighted by molar-refractivity contribution is 7.80. The van der Waals surface area contributed by atoms with Crippen molar-refractivity contribution in [3.8, 4) is 22.5 Å². The highest BCUT2D eigenvalue weighted by Gasteiger charge is 2.36. The number of aryl methyl sites for hydroxylation is 1. The molecule has 216 valence electrons. The maximum Gasteiger partial charge on any atom is 0.439 e. The van der Waals surface area contributed by atoms with Gasteiger partial charge in [0.05, 0.1) is 11.5 Å². The minimum absolute atomic E-state index is 0.0350. The summed E-state index contributed by atoms with van der Waals surface area (Å²) in [7, 11) is 0. The van der Waals surface area contributed by atoms with Crippen LogP contribution in [0.3, 0.4) is 0 Å². The molecule has 9 heteroatoms. The van der Waals surface area contributed by atoms with Gasteiger partial charge >= 0.3 is 5.76 Å². The number of nitrogens with zero attached hydrogens (tertiary/aromatic N) is 4. The Labute approximate surface area is 249 Å². The van der Waals surface area contributed by atoms with Crippen molar-refractivity contribution in [2.45, 2.75) is 64.3 Å². The SMILES string of the molecule is Cc1nc(C2CC2)n(Cc2ccc(-c3ccccc3-c3noc(=O)[nH]3)cc2)c(=O)c1CC(=S)N1CC2CCCCC2C1. The second-order valence-electron chi connectivity index (χ2n) is 12.2. The van der Waals surface area contributed by atoms with Gasteiger partial charge in [0, 0.05) is 42.2 Å². The number of aromatic amines is 1. The van der Waals surface area contributed by atoms with Crippen molar-refractivity contribution in [1.82, 2.24) is 24.6 Å². The summed E-state index contributed by atoms with van der Waals surface area (Å²) in [5, 5.41) is 3.87. The predicted octanol–water partition coefficient (Wildman–Crippen LogP) is 5.48. The molecule has 0 bridgehead atoms. The summed E-state index contributed by atoms with van der Waals surface area (Å²) in [4.78, 5) is 36.5. The minimum Gasteiger partial charge on any atom is -0.365 e. The number of hydrogen-bond acceptors (Lipinski definition) is 6. The fourth-order valence-electron chi connectivity index (χ4n) is 6.86. The standard InChI is InChI=1S/C33H35N5O3S/c1-20-28(16-29(42)37-18-24-6-2-3-7-25(24)19-37)32(39)38(31(34-20)23-14-15-23)17-21-10-12-22(13-11-21)26-8-4-5-9-27(26)30-35-33(40)41-36-30/h4-5,8-13,23-25H,2-3,6-7,14-19H2,1H3,(H,35,36,40). The van der Waals surface area contributed by atoms with E-state index >= 15 is 0 Å². The van der Waals surface area contributed by atoms with E-state index in [2.05, 4.69) is 27.2 Å². The molecule has 0 radical (unpaired) electrons. The molecule has 0 amide bonds. The van der Waals surface area contributed by atoms with Crippen LogP contribution in [0.25, 0.3) is 22.5 Å². The van der Waals surface area contributed by atoms with Crippen LogP contribution in [0, 0.1) is 18.8 Å². The van der Waals surface area contributed by atoms with Gasteiger partial charge < -0.3 is 4.90 Å². The topological polar surface area (TPSA) is 97.0 Å². The molecule has 3 heterocycles. The molecule has 1 N–H and O–H groups in total. The lowest BCUT2D eigenvalue weighted by Crippen LogP contribution is -2.35. The number of hydrogen-bond donors (Lipinski definition) is 1. The Morgan fingerprint density at radius 3 is 2.31 bits per heavy atom. The average Bonchev–Trinajstić information content (AvgIpc) is 3.61. The summed E-state index contributed by atoms with van der Waals surface area (Å²) in [6.45, 7) is 4.50. The molecule has 4 aromatic rings. The number of rotatable bonds is 7. The summed E-state index contributed by atoms with van der Waals surface area (Å²) >= 11 is 5.93. The van der Waals surface area contributed by atoms with E-state index in [0.29, 0.717) is 24.7 Å². The molecule has 2 saturated carbocycles. The van der Waals surface area contributed by atoms with E-state index in [4.69, 9.17) is 21.7 Å². The van der Waals surface area contributed by atoms with E-state index in [-0.39, 0.29) is 5.56 Å². The maximum absolute atomic E-state index is 14.0. The van der Waals surface area contributed by atoms with E-state index in [1.165, 1.54) is 25.7 Å². The molecule has 3 fully saturated rings. The van der Waals surface area contributed by atoms with Gasteiger partial charge in [-0.1, -0.05) is 78.7 Å². The molecule has 3 aliphatic rings. The van der Waals surface area contributed by atoms with Crippen molar-refractivity contribution in [2.75, 3.05) is 13.1 Å². The molecule has 2 aromatic carbocycles. The predicted molar refractivity (Wildman–Crippen MR) is 166 cm³/mol. The summed E-state index contributed by atoms with van der Waals surface area (Å²) in [6.07, 6.45) is 7.88. The molecule has 2 atom stereocenters. The molecule has 7 rings (SSSR count). The molecule has 1 saturated heterocycles. The number of thiocarbonyl (C=S) groups is 1. The van der Waals surface area contributed by atoms with Gasteiger partial charge in [-0.15, -0.1) is 0 Å². The van der Waals surface area contributed by atoms with Crippen LogP contribution in [0.15, 0.2) is 62.6 Å². The highest BCUT2D eigenvalue weighted by Crippen LogP contribution is 2.39. The van der Waals surface area contributed by atoms with Crippen molar-refractivity contribution < 1.29 is 4.52 Å². The van der Waals surface area contributed by atoms with Crippen LogP contribution in [0.2, 0.25) is 0 Å². The van der Waals surface area contributed by atoms with Gasteiger partial charge in [-0.25, -0.2) is 9.78 Å². The number of benzene rings is 2. The Balaban J connectivity index is 1.15. The summed E-state index contributed by atoms with van der Waals surface area (Å²) in [5.74, 6) is 2.54. The Bertz CT molecular complexity index is 1740. The molecule has 42 heavy (non-hydrogen) atoms. The molecular formula is C33H35N5O3S. The lowest BCUT2D eigenvalue weighted by Gasteiger charge is -2.22. The van der Waals surface area contributed by atoms with Crippen LogP contribution in [-0.4, -0.2) is 42.7 Å². The first kappa shape index (κ1) is 27.0. The van der Waals surface area contributed by atoms with Crippen LogP contribution >= 0.6 is 12.2 Å². The van der Waals surface area contributed by atoms with Gasteiger partial charge in [-0.3, -0.25) is 18.9 Å². The number of aromatic nitrogens is 4. The molecule has 1 aliphatic heterocycles. The fourth-order valence-corrected chi connectivity index (χ4v) is 7.16. The van der Waals surface area contributed by atoms with E-state index in [1.54, 1.807) is 0 Å². The van der Waals surface area contributed by atoms with E-state index in [0.717, 1.165) is 82.1 Å². The van der Waals surface area contributed by atoms with Crippen LogP contribution in [0.5, 0.6) is 0 Å². The largest absolute Gasteiger partial charge is 0.439 e. The Morgan fingerprint density at radius 2 is 1.67 bits per heavy atom. The number of likely N-dealkylation sites (tertiary alicyclic amines) is 1. The smallest absolute Gasteiger partial charge is 0.365 e. The first-order valence-corrected chi connectivity index (χ1v) is 15.5. The molecule has 2 aromatic heterocycles. The summed E-state index contributed by atoms with van der Waals surface area (Å²) in [5.41, 5.74) is 5.29. The monoisotopic (exact) mass is 581 g/mol. The maximum atomic E-state index is 14.0. The minimum atomic E-state index is -0.586. The summed E-state index contributed by atoms with van der Waals surface area (Å²) in [6, 6.07) is 15.9. The Morgan fingerprint density at radius 1 is 0.976 bits per heavy atom. The third-order valence-electron chi connectivity index (χ3n) is 9.33. The molecule has 0 spiro atoms. The normalized spacial score (nSPS) is 20.1. The second kappa shape index (κ2) is 11.1. The first-order chi connectivity index (χ1) is 20.4. The average molecular weight is 582 g/mol. The molecular weight excluding hydrogens is 546 g/mol. The Kier molecular flexibility index (Phi) is 7.14. The number of nitrogens with one attached hydrogen (secondary N) is 1. The number of H-pyrrole nitrogens is 1. The van der Waals surface area contributed by atoms with Crippen molar-refractivity contribution in [2.24, 2.45) is 11.8 Å². The van der Waals surface area contributed by atoms with E-state index in [9.17, 15) is 9.59 Å². The number of fused-ring (bicyclic) bond motifs is 1. The highest BCUT2D eigenvalue weighted by atomic mass is 32.1. The van der Waals surface area contributed by atoms with Crippen molar-refractivity contribution >= 4 is 17.2 Å². The van der Waals surface area contributed by atoms with E-state index in [1.807, 2.05) is 47.9 Å². The lowest BCUT2D eigenvalue weighted by atomic mass is 9.82. The van der Waals surface area contributed by atoms with Crippen LogP contribution in [0.4, 0.5) is 0 Å². The fraction of sp³-hybridized carbons (Fsp3) is 0.424. The van der Waals surface area contributed by atoms with Gasteiger partial charge in [0.1, 0.15) is 5.82 Å². The summed E-state index contributed by atoms with van der Waals surface area (Å²) < 4.78 is 6.61. The zero-order chi connectivity index (χ0) is 28.8. The van der Waals surface area contributed by atoms with Gasteiger partial charge in [-0.05, 0) is 61.1 Å². The van der Waals surface area contributed by atoms with Gasteiger partial charge in [0.25, 0.3) is 5.56 Å². The Hall–Kier alpha value is -3.85. The van der Waals surface area contributed by atoms with Crippen molar-refractivity contribution in [3.63, 3.8) is 0 Å². The molecule has 2 aliphatic carbocycles. The van der Waals surface area contributed by atoms with E-state index < -0.39 is 5.76 Å². The van der Waals surface area contributed by atoms with Crippen LogP contribution in [-0.2, 0) is 13.0 Å². The third-order valence-corrected chi connectivity index (χ3v) is 9.73. The van der Waals surface area contributed by atoms with Crippen molar-refractivity contribution in [3.05, 3.63) is 92.1 Å². The van der Waals surface area contributed by atoms with Gasteiger partial charge in [0.2, 0.25) is 0 Å². The third kappa shape index (κ3) is 5.26. The van der Waals surface area contributed by atoms with Crippen LogP contribution in [0.1, 0.15) is 67.1 Å². The first-order valence-electron chi connectivity index (χ1n) is 15.1. The molecule has 2 unspecified atom stereocenters. The molecule has 8 nitrogen and oxygen atoms in total. The quantitative estimate of drug-likeness (QED) is 0.289. The van der Waals surface area contributed by atoms with Gasteiger partial charge in [-0.2, -0.15) is 0 Å². The second-order valence-corrected chi connectivity index (χ2v) is 12.6. The zero-order valence-corrected chi connectivity index (χ0v) is 24.7. The van der Waals surface area contributed by atoms with Crippen LogP contribution < -0.4 is 11.3 Å². The van der Waals surface area contributed by atoms with Crippen molar-refractivity contribution in [1.29, 1.82) is 0 Å². The van der Waals surface area contributed by atoms with Gasteiger partial charge in [0.15, 0.2) is 5.82 Å². The zero-order valence-electron chi connectivity index (χ0n) is 23.8. The lowest BCUT2D eigenvalue weighted by molar-refractivity contribution is 0.299.